The van der Waals surface area contributed by atoms with Crippen molar-refractivity contribution in [3.63, 3.8) is 0 Å². The number of nitriles is 1. The summed E-state index contributed by atoms with van der Waals surface area (Å²) in [5.41, 5.74) is 1.75. The van der Waals surface area contributed by atoms with Gasteiger partial charge < -0.3 is 24.4 Å². The quantitative estimate of drug-likeness (QED) is 0.637. The fourth-order valence-electron chi connectivity index (χ4n) is 4.23. The molecule has 0 spiro atoms. The van der Waals surface area contributed by atoms with Crippen LogP contribution in [0.25, 0.3) is 0 Å². The number of piperidine rings is 1. The second-order valence-electron chi connectivity index (χ2n) is 10.2. The van der Waals surface area contributed by atoms with Crippen LogP contribution in [-0.2, 0) is 9.47 Å². The van der Waals surface area contributed by atoms with Crippen LogP contribution in [0.2, 0.25) is 5.02 Å². The molecule has 1 aromatic carbocycles. The van der Waals surface area contributed by atoms with Gasteiger partial charge in [-0.3, -0.25) is 0 Å². The number of carbonyl (C=O) groups excluding carboxylic acids is 1. The Morgan fingerprint density at radius 1 is 1.29 bits per heavy atom. The second-order valence-corrected chi connectivity index (χ2v) is 10.7. The molecule has 2 bridgehead atoms. The van der Waals surface area contributed by atoms with E-state index in [4.69, 9.17) is 31.1 Å². The Morgan fingerprint density at radius 2 is 2.00 bits per heavy atom. The third kappa shape index (κ3) is 5.95. The first-order valence-corrected chi connectivity index (χ1v) is 12.0. The van der Waals surface area contributed by atoms with Gasteiger partial charge in [-0.15, -0.1) is 0 Å². The van der Waals surface area contributed by atoms with E-state index in [9.17, 15) is 4.79 Å². The van der Waals surface area contributed by atoms with E-state index >= 15 is 0 Å². The standard InChI is InChI=1S/C25H30ClN5O4/c1-15-22(30-20-6-5-16(8-27)7-19(20)26)28-14-29-23(15)35-21-17-9-31(10-18(21)12-33-11-17)24(32)34-13-25(2,3)4/h5-7,14,17-18,21H,9-13H2,1-4H3,(H,28,29,30). The van der Waals surface area contributed by atoms with Crippen molar-refractivity contribution in [1.82, 2.24) is 14.9 Å². The molecule has 0 radical (unpaired) electrons. The predicted octanol–water partition coefficient (Wildman–Crippen LogP) is 4.56. The molecule has 186 valence electrons. The fourth-order valence-corrected chi connectivity index (χ4v) is 4.46. The fraction of sp³-hybridized carbons (Fsp3) is 0.520. The van der Waals surface area contributed by atoms with Crippen molar-refractivity contribution in [2.24, 2.45) is 17.3 Å². The Labute approximate surface area is 210 Å². The molecule has 1 aromatic heterocycles. The maximum absolute atomic E-state index is 12.6. The number of likely N-dealkylation sites (tertiary alicyclic amines) is 1. The highest BCUT2D eigenvalue weighted by Gasteiger charge is 2.44. The molecule has 2 aliphatic heterocycles. The van der Waals surface area contributed by atoms with Crippen LogP contribution in [0.3, 0.4) is 0 Å². The van der Waals surface area contributed by atoms with Crippen molar-refractivity contribution in [3.05, 3.63) is 40.7 Å². The van der Waals surface area contributed by atoms with Crippen molar-refractivity contribution >= 4 is 29.2 Å². The van der Waals surface area contributed by atoms with Crippen LogP contribution in [0.1, 0.15) is 31.9 Å². The number of aromatic nitrogens is 2. The zero-order chi connectivity index (χ0) is 25.2. The Morgan fingerprint density at radius 3 is 2.63 bits per heavy atom. The summed E-state index contributed by atoms with van der Waals surface area (Å²) in [6, 6.07) is 7.08. The third-order valence-corrected chi connectivity index (χ3v) is 6.34. The maximum Gasteiger partial charge on any atom is 0.409 e. The molecule has 10 heteroatoms. The van der Waals surface area contributed by atoms with Crippen molar-refractivity contribution in [3.8, 4) is 11.9 Å². The summed E-state index contributed by atoms with van der Waals surface area (Å²) in [4.78, 5) is 23.1. The van der Waals surface area contributed by atoms with E-state index < -0.39 is 0 Å². The first-order chi connectivity index (χ1) is 16.6. The number of benzene rings is 1. The number of halogens is 1. The lowest BCUT2D eigenvalue weighted by molar-refractivity contribution is -0.110. The van der Waals surface area contributed by atoms with Gasteiger partial charge in [0.2, 0.25) is 5.88 Å². The van der Waals surface area contributed by atoms with Gasteiger partial charge >= 0.3 is 6.09 Å². The number of carbonyl (C=O) groups is 1. The van der Waals surface area contributed by atoms with Crippen LogP contribution in [0, 0.1) is 35.5 Å². The zero-order valence-electron chi connectivity index (χ0n) is 20.4. The summed E-state index contributed by atoms with van der Waals surface area (Å²) in [5, 5.41) is 12.7. The lowest BCUT2D eigenvalue weighted by Crippen LogP contribution is -2.58. The largest absolute Gasteiger partial charge is 0.473 e. The van der Waals surface area contributed by atoms with Gasteiger partial charge in [-0.2, -0.15) is 5.26 Å². The first-order valence-electron chi connectivity index (χ1n) is 11.6. The summed E-state index contributed by atoms with van der Waals surface area (Å²) in [6.07, 6.45) is 1.00. The Bertz CT molecular complexity index is 1120. The average molecular weight is 500 g/mol. The van der Waals surface area contributed by atoms with E-state index in [1.165, 1.54) is 6.33 Å². The van der Waals surface area contributed by atoms with Gasteiger partial charge in [-0.25, -0.2) is 14.8 Å². The lowest BCUT2D eigenvalue weighted by Gasteiger charge is -2.46. The minimum absolute atomic E-state index is 0.00318. The summed E-state index contributed by atoms with van der Waals surface area (Å²) in [7, 11) is 0. The minimum Gasteiger partial charge on any atom is -0.473 e. The highest BCUT2D eigenvalue weighted by atomic mass is 35.5. The summed E-state index contributed by atoms with van der Waals surface area (Å²) in [5.74, 6) is 1.04. The number of hydrogen-bond donors (Lipinski definition) is 1. The van der Waals surface area contributed by atoms with E-state index in [2.05, 4.69) is 21.4 Å². The Hall–Kier alpha value is -3.09. The normalized spacial score (nSPS) is 21.7. The number of amides is 1. The highest BCUT2D eigenvalue weighted by molar-refractivity contribution is 6.33. The summed E-state index contributed by atoms with van der Waals surface area (Å²) >= 11 is 6.31. The molecule has 0 saturated carbocycles. The average Bonchev–Trinajstić information content (AvgIpc) is 2.80. The molecule has 9 nitrogen and oxygen atoms in total. The van der Waals surface area contributed by atoms with Gasteiger partial charge in [-0.05, 0) is 30.5 Å². The van der Waals surface area contributed by atoms with E-state index in [1.807, 2.05) is 27.7 Å². The molecule has 0 aliphatic carbocycles. The van der Waals surface area contributed by atoms with Crippen LogP contribution in [0.15, 0.2) is 24.5 Å². The van der Waals surface area contributed by atoms with Gasteiger partial charge in [0.25, 0.3) is 0 Å². The van der Waals surface area contributed by atoms with Crippen LogP contribution in [-0.4, -0.2) is 60.0 Å². The van der Waals surface area contributed by atoms with E-state index in [0.29, 0.717) is 60.9 Å². The van der Waals surface area contributed by atoms with E-state index in [0.717, 1.165) is 5.56 Å². The van der Waals surface area contributed by atoms with Crippen molar-refractivity contribution < 1.29 is 19.0 Å². The van der Waals surface area contributed by atoms with Crippen LogP contribution in [0.4, 0.5) is 16.3 Å². The van der Waals surface area contributed by atoms with E-state index in [-0.39, 0.29) is 29.4 Å². The first kappa shape index (κ1) is 25.0. The highest BCUT2D eigenvalue weighted by Crippen LogP contribution is 2.34. The van der Waals surface area contributed by atoms with Crippen LogP contribution >= 0.6 is 11.6 Å². The molecule has 1 N–H and O–H groups in total. The second kappa shape index (κ2) is 10.3. The number of hydrogen-bond acceptors (Lipinski definition) is 8. The topological polar surface area (TPSA) is 110 Å². The molecule has 2 fully saturated rings. The summed E-state index contributed by atoms with van der Waals surface area (Å²) in [6.45, 7) is 10.3. The van der Waals surface area contributed by atoms with Crippen molar-refractivity contribution in [2.75, 3.05) is 38.2 Å². The molecule has 1 amide bonds. The third-order valence-electron chi connectivity index (χ3n) is 6.03. The number of nitrogens with zero attached hydrogens (tertiary/aromatic N) is 4. The molecule has 2 atom stereocenters. The van der Waals surface area contributed by atoms with Gasteiger partial charge in [0.1, 0.15) is 18.2 Å². The maximum atomic E-state index is 12.6. The smallest absolute Gasteiger partial charge is 0.409 e. The minimum atomic E-state index is -0.292. The predicted molar refractivity (Wildman–Crippen MR) is 131 cm³/mol. The number of anilines is 2. The molecule has 35 heavy (non-hydrogen) atoms. The molecule has 2 unspecified atom stereocenters. The van der Waals surface area contributed by atoms with Gasteiger partial charge in [-0.1, -0.05) is 32.4 Å². The Balaban J connectivity index is 1.46. The number of rotatable bonds is 5. The molecular weight excluding hydrogens is 470 g/mol. The summed E-state index contributed by atoms with van der Waals surface area (Å²) < 4.78 is 17.7. The monoisotopic (exact) mass is 499 g/mol. The molecule has 3 heterocycles. The Kier molecular flexibility index (Phi) is 7.33. The lowest BCUT2D eigenvalue weighted by atomic mass is 9.84. The van der Waals surface area contributed by atoms with Gasteiger partial charge in [0, 0.05) is 24.9 Å². The molecule has 2 aliphatic rings. The van der Waals surface area contributed by atoms with Crippen molar-refractivity contribution in [1.29, 1.82) is 5.26 Å². The molecule has 2 saturated heterocycles. The van der Waals surface area contributed by atoms with Gasteiger partial charge in [0.15, 0.2) is 0 Å². The molecular formula is C25H30ClN5O4. The van der Waals surface area contributed by atoms with Crippen molar-refractivity contribution in [2.45, 2.75) is 33.8 Å². The zero-order valence-corrected chi connectivity index (χ0v) is 21.1. The van der Waals surface area contributed by atoms with Gasteiger partial charge in [0.05, 0.1) is 47.7 Å². The number of ether oxygens (including phenoxy) is 3. The molecule has 2 aromatic rings. The molecule has 4 rings (SSSR count). The van der Waals surface area contributed by atoms with Crippen LogP contribution < -0.4 is 10.1 Å². The van der Waals surface area contributed by atoms with E-state index in [1.54, 1.807) is 23.1 Å². The number of nitrogens with one attached hydrogen (secondary N) is 1. The van der Waals surface area contributed by atoms with Crippen LogP contribution in [0.5, 0.6) is 5.88 Å². The number of fused-ring (bicyclic) bond motifs is 2. The SMILES string of the molecule is Cc1c(Nc2ccc(C#N)cc2Cl)ncnc1OC1C2COCC1CN(C(=O)OCC(C)(C)C)C2.